The van der Waals surface area contributed by atoms with Crippen LogP contribution in [0.2, 0.25) is 0 Å². The van der Waals surface area contributed by atoms with E-state index in [9.17, 15) is 4.79 Å². The standard InChI is InChI=1S/C15H16N6O/c1-11(21-7-6-16-10-21)13-8-14(22)20-15(19-13)18-9-12-4-2-3-5-17-12/h2-8,10-11H,9H2,1H3,(H2,18,19,20,22). The fourth-order valence-corrected chi connectivity index (χ4v) is 2.10. The lowest BCUT2D eigenvalue weighted by Crippen LogP contribution is -2.17. The minimum Gasteiger partial charge on any atom is -0.350 e. The molecule has 1 unspecified atom stereocenters. The van der Waals surface area contributed by atoms with Crippen LogP contribution in [0.3, 0.4) is 0 Å². The Morgan fingerprint density at radius 3 is 3.00 bits per heavy atom. The molecule has 0 aliphatic heterocycles. The van der Waals surface area contributed by atoms with Gasteiger partial charge in [-0.25, -0.2) is 9.97 Å². The highest BCUT2D eigenvalue weighted by Gasteiger charge is 2.11. The molecule has 3 rings (SSSR count). The molecule has 3 aromatic heterocycles. The number of anilines is 1. The van der Waals surface area contributed by atoms with E-state index in [1.807, 2.05) is 35.9 Å². The number of hydrogen-bond donors (Lipinski definition) is 2. The fraction of sp³-hybridized carbons (Fsp3) is 0.200. The normalized spacial score (nSPS) is 12.0. The number of aromatic nitrogens is 5. The molecule has 0 spiro atoms. The summed E-state index contributed by atoms with van der Waals surface area (Å²) in [5, 5.41) is 3.09. The van der Waals surface area contributed by atoms with Gasteiger partial charge in [0.05, 0.1) is 30.3 Å². The Morgan fingerprint density at radius 1 is 1.36 bits per heavy atom. The van der Waals surface area contributed by atoms with Crippen LogP contribution in [0.1, 0.15) is 24.4 Å². The van der Waals surface area contributed by atoms with Crippen molar-refractivity contribution in [3.05, 3.63) is 70.9 Å². The zero-order valence-corrected chi connectivity index (χ0v) is 12.1. The van der Waals surface area contributed by atoms with Crippen molar-refractivity contribution in [2.45, 2.75) is 19.5 Å². The van der Waals surface area contributed by atoms with E-state index in [0.29, 0.717) is 18.2 Å². The van der Waals surface area contributed by atoms with E-state index >= 15 is 0 Å². The highest BCUT2D eigenvalue weighted by Crippen LogP contribution is 2.14. The molecule has 0 aliphatic rings. The van der Waals surface area contributed by atoms with Gasteiger partial charge < -0.3 is 9.88 Å². The summed E-state index contributed by atoms with van der Waals surface area (Å²) in [6.45, 7) is 2.46. The van der Waals surface area contributed by atoms with Gasteiger partial charge in [0.25, 0.3) is 5.56 Å². The van der Waals surface area contributed by atoms with E-state index in [2.05, 4.69) is 25.3 Å². The van der Waals surface area contributed by atoms with Gasteiger partial charge in [0.1, 0.15) is 0 Å². The van der Waals surface area contributed by atoms with Crippen LogP contribution < -0.4 is 10.9 Å². The molecule has 0 aromatic carbocycles. The molecule has 3 aromatic rings. The minimum absolute atomic E-state index is 0.0693. The third-order valence-corrected chi connectivity index (χ3v) is 3.32. The number of aromatic amines is 1. The Balaban J connectivity index is 1.79. The molecule has 0 radical (unpaired) electrons. The van der Waals surface area contributed by atoms with Crippen LogP contribution in [-0.2, 0) is 6.54 Å². The van der Waals surface area contributed by atoms with Crippen molar-refractivity contribution in [1.82, 2.24) is 24.5 Å². The summed E-state index contributed by atoms with van der Waals surface area (Å²) in [6, 6.07) is 7.11. The summed E-state index contributed by atoms with van der Waals surface area (Å²) in [7, 11) is 0. The topological polar surface area (TPSA) is 88.5 Å². The van der Waals surface area contributed by atoms with Crippen molar-refractivity contribution in [3.63, 3.8) is 0 Å². The van der Waals surface area contributed by atoms with E-state index in [-0.39, 0.29) is 11.6 Å². The molecule has 0 bridgehead atoms. The molecule has 112 valence electrons. The van der Waals surface area contributed by atoms with Gasteiger partial charge in [-0.1, -0.05) is 6.07 Å². The van der Waals surface area contributed by atoms with E-state index in [1.165, 1.54) is 6.07 Å². The Bertz CT molecular complexity index is 781. The van der Waals surface area contributed by atoms with Gasteiger partial charge >= 0.3 is 0 Å². The Hall–Kier alpha value is -2.96. The average molecular weight is 296 g/mol. The smallest absolute Gasteiger partial charge is 0.252 e. The van der Waals surface area contributed by atoms with E-state index in [0.717, 1.165) is 5.69 Å². The highest BCUT2D eigenvalue weighted by atomic mass is 16.1. The number of H-pyrrole nitrogens is 1. The number of imidazole rings is 1. The van der Waals surface area contributed by atoms with Crippen molar-refractivity contribution in [1.29, 1.82) is 0 Å². The molecule has 0 saturated carbocycles. The number of pyridine rings is 1. The van der Waals surface area contributed by atoms with Crippen molar-refractivity contribution >= 4 is 5.95 Å². The quantitative estimate of drug-likeness (QED) is 0.746. The van der Waals surface area contributed by atoms with Crippen LogP contribution >= 0.6 is 0 Å². The Kier molecular flexibility index (Phi) is 3.95. The third-order valence-electron chi connectivity index (χ3n) is 3.32. The van der Waals surface area contributed by atoms with Crippen LogP contribution in [0.15, 0.2) is 54.0 Å². The maximum Gasteiger partial charge on any atom is 0.252 e. The zero-order valence-electron chi connectivity index (χ0n) is 12.1. The zero-order chi connectivity index (χ0) is 15.4. The van der Waals surface area contributed by atoms with Crippen molar-refractivity contribution < 1.29 is 0 Å². The molecule has 3 heterocycles. The number of rotatable bonds is 5. The van der Waals surface area contributed by atoms with Gasteiger partial charge in [0.2, 0.25) is 5.95 Å². The number of hydrogen-bond acceptors (Lipinski definition) is 5. The molecular formula is C15H16N6O. The summed E-state index contributed by atoms with van der Waals surface area (Å²) in [5.74, 6) is 0.431. The van der Waals surface area contributed by atoms with Gasteiger partial charge in [-0.05, 0) is 19.1 Å². The molecule has 0 saturated heterocycles. The molecular weight excluding hydrogens is 280 g/mol. The largest absolute Gasteiger partial charge is 0.350 e. The molecule has 1 atom stereocenters. The van der Waals surface area contributed by atoms with Crippen molar-refractivity contribution in [2.24, 2.45) is 0 Å². The molecule has 2 N–H and O–H groups in total. The lowest BCUT2D eigenvalue weighted by molar-refractivity contribution is 0.617. The van der Waals surface area contributed by atoms with Crippen LogP contribution in [-0.4, -0.2) is 24.5 Å². The highest BCUT2D eigenvalue weighted by molar-refractivity contribution is 5.27. The second kappa shape index (κ2) is 6.21. The maximum atomic E-state index is 11.8. The van der Waals surface area contributed by atoms with Gasteiger partial charge in [0.15, 0.2) is 0 Å². The van der Waals surface area contributed by atoms with E-state index in [4.69, 9.17) is 0 Å². The summed E-state index contributed by atoms with van der Waals surface area (Å²) in [5.41, 5.74) is 1.35. The van der Waals surface area contributed by atoms with Crippen LogP contribution in [0.25, 0.3) is 0 Å². The van der Waals surface area contributed by atoms with Crippen molar-refractivity contribution in [2.75, 3.05) is 5.32 Å². The van der Waals surface area contributed by atoms with Gasteiger partial charge in [-0.2, -0.15) is 0 Å². The molecule has 7 heteroatoms. The molecule has 7 nitrogen and oxygen atoms in total. The summed E-state index contributed by atoms with van der Waals surface area (Å²) >= 11 is 0. The van der Waals surface area contributed by atoms with Crippen LogP contribution in [0.4, 0.5) is 5.95 Å². The second-order valence-electron chi connectivity index (χ2n) is 4.88. The fourth-order valence-electron chi connectivity index (χ4n) is 2.10. The van der Waals surface area contributed by atoms with E-state index in [1.54, 1.807) is 18.7 Å². The summed E-state index contributed by atoms with van der Waals surface area (Å²) in [6.07, 6.45) is 6.97. The first-order valence-electron chi connectivity index (χ1n) is 6.95. The molecule has 22 heavy (non-hydrogen) atoms. The first-order valence-corrected chi connectivity index (χ1v) is 6.95. The van der Waals surface area contributed by atoms with Crippen molar-refractivity contribution in [3.8, 4) is 0 Å². The molecule has 0 amide bonds. The van der Waals surface area contributed by atoms with Crippen LogP contribution in [0.5, 0.6) is 0 Å². The number of nitrogens with zero attached hydrogens (tertiary/aromatic N) is 4. The van der Waals surface area contributed by atoms with Crippen LogP contribution in [0, 0.1) is 0 Å². The number of nitrogens with one attached hydrogen (secondary N) is 2. The summed E-state index contributed by atoms with van der Waals surface area (Å²) < 4.78 is 1.89. The lowest BCUT2D eigenvalue weighted by atomic mass is 10.2. The molecule has 0 aliphatic carbocycles. The minimum atomic E-state index is -0.194. The average Bonchev–Trinajstić information content (AvgIpc) is 3.07. The predicted octanol–water partition coefficient (Wildman–Crippen LogP) is 1.58. The lowest BCUT2D eigenvalue weighted by Gasteiger charge is -2.13. The monoisotopic (exact) mass is 296 g/mol. The van der Waals surface area contributed by atoms with E-state index < -0.39 is 0 Å². The first kappa shape index (κ1) is 14.0. The Labute approximate surface area is 127 Å². The SMILES string of the molecule is CC(c1cc(=O)[nH]c(NCc2ccccn2)n1)n1ccnc1. The van der Waals surface area contributed by atoms with Gasteiger partial charge in [-0.15, -0.1) is 0 Å². The van der Waals surface area contributed by atoms with Gasteiger partial charge in [0, 0.05) is 24.7 Å². The third kappa shape index (κ3) is 3.20. The maximum absolute atomic E-state index is 11.8. The van der Waals surface area contributed by atoms with Gasteiger partial charge in [-0.3, -0.25) is 14.8 Å². The Morgan fingerprint density at radius 2 is 2.27 bits per heavy atom. The predicted molar refractivity (Wildman–Crippen MR) is 82.5 cm³/mol. The first-order chi connectivity index (χ1) is 10.7. The molecule has 0 fully saturated rings. The second-order valence-corrected chi connectivity index (χ2v) is 4.88. The summed E-state index contributed by atoms with van der Waals surface area (Å²) in [4.78, 5) is 27.2.